The lowest BCUT2D eigenvalue weighted by molar-refractivity contribution is -0.119. The second-order valence-electron chi connectivity index (χ2n) is 7.32. The third kappa shape index (κ3) is 6.19. The van der Waals surface area contributed by atoms with E-state index in [1.54, 1.807) is 55.5 Å². The Hall–Kier alpha value is -2.74. The topological polar surface area (TPSA) is 75.7 Å². The van der Waals surface area contributed by atoms with Crippen LogP contribution >= 0.6 is 23.2 Å². The van der Waals surface area contributed by atoms with Crippen LogP contribution in [-0.2, 0) is 14.8 Å². The van der Waals surface area contributed by atoms with Crippen LogP contribution in [0.1, 0.15) is 11.1 Å². The van der Waals surface area contributed by atoms with Crippen LogP contribution in [0.2, 0.25) is 10.0 Å². The van der Waals surface area contributed by atoms with Crippen molar-refractivity contribution in [2.75, 3.05) is 24.0 Å². The number of sulfonamides is 1. The fourth-order valence-corrected chi connectivity index (χ4v) is 4.93. The van der Waals surface area contributed by atoms with Crippen LogP contribution in [0.25, 0.3) is 0 Å². The number of rotatable bonds is 9. The van der Waals surface area contributed by atoms with Gasteiger partial charge < -0.3 is 10.1 Å². The lowest BCUT2D eigenvalue weighted by Crippen LogP contribution is -2.42. The minimum atomic E-state index is -4.00. The Morgan fingerprint density at radius 1 is 0.970 bits per heavy atom. The van der Waals surface area contributed by atoms with Gasteiger partial charge in [-0.1, -0.05) is 53.5 Å². The summed E-state index contributed by atoms with van der Waals surface area (Å²) in [7, 11) is -4.00. The first kappa shape index (κ1) is 24.9. The van der Waals surface area contributed by atoms with Gasteiger partial charge in [0.05, 0.1) is 17.1 Å². The van der Waals surface area contributed by atoms with E-state index in [1.807, 2.05) is 13.0 Å². The number of hydrogen-bond donors (Lipinski definition) is 1. The van der Waals surface area contributed by atoms with E-state index in [4.69, 9.17) is 27.9 Å². The fraction of sp³-hybridized carbons (Fsp3) is 0.208. The van der Waals surface area contributed by atoms with Crippen molar-refractivity contribution in [3.8, 4) is 5.75 Å². The van der Waals surface area contributed by atoms with E-state index >= 15 is 0 Å². The molecular weight excluding hydrogens is 483 g/mol. The molecule has 174 valence electrons. The molecule has 0 spiro atoms. The molecule has 0 aromatic heterocycles. The third-order valence-electron chi connectivity index (χ3n) is 4.96. The first-order valence-electron chi connectivity index (χ1n) is 10.2. The summed E-state index contributed by atoms with van der Waals surface area (Å²) in [5.74, 6) is 0.113. The molecule has 0 heterocycles. The molecule has 0 saturated carbocycles. The predicted molar refractivity (Wildman–Crippen MR) is 132 cm³/mol. The van der Waals surface area contributed by atoms with Crippen LogP contribution in [0.15, 0.2) is 71.6 Å². The van der Waals surface area contributed by atoms with Crippen LogP contribution in [0, 0.1) is 13.8 Å². The van der Waals surface area contributed by atoms with Crippen LogP contribution in [0.4, 0.5) is 5.69 Å². The highest BCUT2D eigenvalue weighted by Gasteiger charge is 2.28. The Balaban J connectivity index is 1.72. The molecule has 0 radical (unpaired) electrons. The zero-order chi connectivity index (χ0) is 24.0. The minimum Gasteiger partial charge on any atom is -0.492 e. The Morgan fingerprint density at radius 2 is 1.70 bits per heavy atom. The van der Waals surface area contributed by atoms with Gasteiger partial charge in [-0.25, -0.2) is 8.42 Å². The number of nitrogens with one attached hydrogen (secondary N) is 1. The summed E-state index contributed by atoms with van der Waals surface area (Å²) < 4.78 is 33.4. The highest BCUT2D eigenvalue weighted by atomic mass is 35.5. The van der Waals surface area contributed by atoms with Crippen molar-refractivity contribution < 1.29 is 17.9 Å². The van der Waals surface area contributed by atoms with Gasteiger partial charge in [0.25, 0.3) is 10.0 Å². The second-order valence-corrected chi connectivity index (χ2v) is 9.99. The van der Waals surface area contributed by atoms with Crippen LogP contribution in [0.3, 0.4) is 0 Å². The molecule has 0 aliphatic heterocycles. The number of carbonyl (C=O) groups is 1. The number of amides is 1. The van der Waals surface area contributed by atoms with E-state index < -0.39 is 22.5 Å². The van der Waals surface area contributed by atoms with Gasteiger partial charge >= 0.3 is 0 Å². The van der Waals surface area contributed by atoms with Crippen molar-refractivity contribution in [2.24, 2.45) is 0 Å². The highest BCUT2D eigenvalue weighted by Crippen LogP contribution is 2.30. The highest BCUT2D eigenvalue weighted by molar-refractivity contribution is 7.92. The molecule has 9 heteroatoms. The number of halogens is 2. The average Bonchev–Trinajstić information content (AvgIpc) is 2.80. The number of ether oxygens (including phenoxy) is 1. The predicted octanol–water partition coefficient (Wildman–Crippen LogP) is 5.00. The van der Waals surface area contributed by atoms with Crippen molar-refractivity contribution in [3.05, 3.63) is 87.9 Å². The molecule has 0 unspecified atom stereocenters. The van der Waals surface area contributed by atoms with Crippen LogP contribution < -0.4 is 14.4 Å². The summed E-state index contributed by atoms with van der Waals surface area (Å²) >= 11 is 12.3. The molecule has 3 aromatic rings. The first-order chi connectivity index (χ1) is 15.7. The number of anilines is 1. The maximum atomic E-state index is 13.4. The normalized spacial score (nSPS) is 11.2. The lowest BCUT2D eigenvalue weighted by atomic mass is 10.2. The van der Waals surface area contributed by atoms with E-state index in [1.165, 1.54) is 12.1 Å². The van der Waals surface area contributed by atoms with Crippen molar-refractivity contribution >= 4 is 44.8 Å². The number of hydrogen-bond acceptors (Lipinski definition) is 4. The monoisotopic (exact) mass is 506 g/mol. The summed E-state index contributed by atoms with van der Waals surface area (Å²) in [6, 6.07) is 18.2. The van der Waals surface area contributed by atoms with E-state index in [0.29, 0.717) is 27.0 Å². The largest absolute Gasteiger partial charge is 0.492 e. The zero-order valence-corrected chi connectivity index (χ0v) is 20.5. The summed E-state index contributed by atoms with van der Waals surface area (Å²) in [4.78, 5) is 12.8. The van der Waals surface area contributed by atoms with E-state index in [9.17, 15) is 13.2 Å². The van der Waals surface area contributed by atoms with Gasteiger partial charge in [-0.05, 0) is 61.4 Å². The second kappa shape index (κ2) is 10.9. The summed E-state index contributed by atoms with van der Waals surface area (Å²) in [5.41, 5.74) is 1.84. The number of aryl methyl sites for hydroxylation is 1. The van der Waals surface area contributed by atoms with Crippen molar-refractivity contribution in [3.63, 3.8) is 0 Å². The SMILES string of the molecule is Cc1ccc(OCCNC(=O)CN(c2cccc(Cl)c2C)S(=O)(=O)c2ccccc2)cc1Cl. The maximum absolute atomic E-state index is 13.4. The molecule has 0 bridgehead atoms. The molecule has 3 aromatic carbocycles. The molecular formula is C24H24Cl2N2O4S. The van der Waals surface area contributed by atoms with Crippen molar-refractivity contribution in [2.45, 2.75) is 18.7 Å². The molecule has 0 aliphatic rings. The van der Waals surface area contributed by atoms with Gasteiger partial charge in [0.1, 0.15) is 18.9 Å². The summed E-state index contributed by atoms with van der Waals surface area (Å²) in [5, 5.41) is 3.70. The molecule has 0 fully saturated rings. The van der Waals surface area contributed by atoms with Crippen molar-refractivity contribution in [1.82, 2.24) is 5.32 Å². The molecule has 0 saturated heterocycles. The van der Waals surface area contributed by atoms with Gasteiger partial charge in [-0.3, -0.25) is 9.10 Å². The van der Waals surface area contributed by atoms with Gasteiger partial charge in [0.2, 0.25) is 5.91 Å². The minimum absolute atomic E-state index is 0.0803. The number of carbonyl (C=O) groups excluding carboxylic acids is 1. The summed E-state index contributed by atoms with van der Waals surface area (Å²) in [6.07, 6.45) is 0. The molecule has 6 nitrogen and oxygen atoms in total. The maximum Gasteiger partial charge on any atom is 0.264 e. The molecule has 0 atom stereocenters. The van der Waals surface area contributed by atoms with Crippen LogP contribution in [-0.4, -0.2) is 34.0 Å². The fourth-order valence-electron chi connectivity index (χ4n) is 3.09. The molecule has 33 heavy (non-hydrogen) atoms. The Labute approximate surface area is 204 Å². The molecule has 0 aliphatic carbocycles. The Bertz CT molecular complexity index is 1230. The summed E-state index contributed by atoms with van der Waals surface area (Å²) in [6.45, 7) is 3.59. The van der Waals surface area contributed by atoms with Gasteiger partial charge in [0, 0.05) is 10.0 Å². The number of nitrogens with zero attached hydrogens (tertiary/aromatic N) is 1. The lowest BCUT2D eigenvalue weighted by Gasteiger charge is -2.26. The average molecular weight is 507 g/mol. The molecule has 1 amide bonds. The van der Waals surface area contributed by atoms with Crippen LogP contribution in [0.5, 0.6) is 5.75 Å². The van der Waals surface area contributed by atoms with Gasteiger partial charge in [-0.15, -0.1) is 0 Å². The smallest absolute Gasteiger partial charge is 0.264 e. The first-order valence-corrected chi connectivity index (χ1v) is 12.4. The Morgan fingerprint density at radius 3 is 2.39 bits per heavy atom. The molecule has 1 N–H and O–H groups in total. The standard InChI is InChI=1S/C24H24Cl2N2O4S/c1-17-11-12-19(15-22(17)26)32-14-13-27-24(29)16-28(23-10-6-9-21(25)18(23)2)33(30,31)20-7-4-3-5-8-20/h3-12,15H,13-14,16H2,1-2H3,(H,27,29). The van der Waals surface area contributed by atoms with Gasteiger partial charge in [-0.2, -0.15) is 0 Å². The third-order valence-corrected chi connectivity index (χ3v) is 7.55. The van der Waals surface area contributed by atoms with E-state index in [2.05, 4.69) is 5.32 Å². The van der Waals surface area contributed by atoms with E-state index in [-0.39, 0.29) is 18.0 Å². The van der Waals surface area contributed by atoms with E-state index in [0.717, 1.165) is 9.87 Å². The van der Waals surface area contributed by atoms with Gasteiger partial charge in [0.15, 0.2) is 0 Å². The number of benzene rings is 3. The quantitative estimate of drug-likeness (QED) is 0.414. The zero-order valence-electron chi connectivity index (χ0n) is 18.2. The van der Waals surface area contributed by atoms with Crippen molar-refractivity contribution in [1.29, 1.82) is 0 Å². The Kier molecular flexibility index (Phi) is 8.24. The molecule has 3 rings (SSSR count).